The molecular formula is C15H26N4O. The number of nitrogens with zero attached hydrogens (tertiary/aromatic N) is 2. The van der Waals surface area contributed by atoms with Crippen LogP contribution >= 0.6 is 0 Å². The van der Waals surface area contributed by atoms with E-state index in [2.05, 4.69) is 15.5 Å². The Morgan fingerprint density at radius 2 is 2.10 bits per heavy atom. The molecule has 1 aliphatic rings. The van der Waals surface area contributed by atoms with Gasteiger partial charge in [-0.1, -0.05) is 20.8 Å². The third kappa shape index (κ3) is 3.60. The van der Waals surface area contributed by atoms with E-state index in [1.807, 2.05) is 38.8 Å². The number of aromatic nitrogens is 2. The van der Waals surface area contributed by atoms with E-state index in [4.69, 9.17) is 0 Å². The Balaban J connectivity index is 1.77. The van der Waals surface area contributed by atoms with Gasteiger partial charge in [0.15, 0.2) is 0 Å². The maximum atomic E-state index is 12.2. The summed E-state index contributed by atoms with van der Waals surface area (Å²) in [4.78, 5) is 14.2. The Bertz CT molecular complexity index is 453. The van der Waals surface area contributed by atoms with Crippen LogP contribution < -0.4 is 5.32 Å². The van der Waals surface area contributed by atoms with Gasteiger partial charge in [0.05, 0.1) is 6.20 Å². The molecule has 1 fully saturated rings. The first-order valence-electron chi connectivity index (χ1n) is 7.39. The monoisotopic (exact) mass is 278 g/mol. The maximum absolute atomic E-state index is 12.2. The van der Waals surface area contributed by atoms with Crippen LogP contribution in [-0.2, 0) is 11.3 Å². The number of aromatic amines is 1. The van der Waals surface area contributed by atoms with Gasteiger partial charge in [-0.2, -0.15) is 5.10 Å². The van der Waals surface area contributed by atoms with Crippen molar-refractivity contribution in [2.75, 3.05) is 13.1 Å². The molecule has 5 heteroatoms. The molecule has 0 radical (unpaired) electrons. The van der Waals surface area contributed by atoms with Crippen molar-refractivity contribution in [2.24, 2.45) is 5.41 Å². The highest BCUT2D eigenvalue weighted by Crippen LogP contribution is 2.21. The quantitative estimate of drug-likeness (QED) is 0.887. The molecule has 112 valence electrons. The Labute approximate surface area is 121 Å². The molecule has 0 bridgehead atoms. The number of amides is 1. The van der Waals surface area contributed by atoms with Crippen LogP contribution in [0.1, 0.15) is 44.9 Å². The fourth-order valence-corrected chi connectivity index (χ4v) is 2.57. The van der Waals surface area contributed by atoms with Crippen molar-refractivity contribution in [3.63, 3.8) is 0 Å². The summed E-state index contributed by atoms with van der Waals surface area (Å²) in [5.41, 5.74) is 2.07. The molecular weight excluding hydrogens is 252 g/mol. The molecule has 0 unspecified atom stereocenters. The predicted octanol–water partition coefficient (Wildman–Crippen LogP) is 1.84. The Kier molecular flexibility index (Phi) is 4.48. The second kappa shape index (κ2) is 5.95. The smallest absolute Gasteiger partial charge is 0.227 e. The lowest BCUT2D eigenvalue weighted by atomic mass is 9.93. The first-order chi connectivity index (χ1) is 9.38. The summed E-state index contributed by atoms with van der Waals surface area (Å²) in [6.45, 7) is 10.6. The SMILES string of the molecule is Cc1[nH]ncc1CNC1CCN(C(=O)C(C)(C)C)CC1. The zero-order valence-electron chi connectivity index (χ0n) is 13.0. The number of hydrogen-bond donors (Lipinski definition) is 2. The molecule has 1 aromatic heterocycles. The highest BCUT2D eigenvalue weighted by Gasteiger charge is 2.30. The van der Waals surface area contributed by atoms with Crippen molar-refractivity contribution in [2.45, 2.75) is 53.1 Å². The molecule has 0 atom stereocenters. The van der Waals surface area contributed by atoms with Crippen LogP contribution in [0.5, 0.6) is 0 Å². The molecule has 1 aliphatic heterocycles. The van der Waals surface area contributed by atoms with E-state index in [0.29, 0.717) is 6.04 Å². The number of likely N-dealkylation sites (tertiary alicyclic amines) is 1. The molecule has 1 saturated heterocycles. The first-order valence-corrected chi connectivity index (χ1v) is 7.39. The normalized spacial score (nSPS) is 17.5. The van der Waals surface area contributed by atoms with Gasteiger partial charge in [-0.15, -0.1) is 0 Å². The third-order valence-corrected chi connectivity index (χ3v) is 3.94. The van der Waals surface area contributed by atoms with Gasteiger partial charge in [0.1, 0.15) is 0 Å². The van der Waals surface area contributed by atoms with Crippen LogP contribution in [0.2, 0.25) is 0 Å². The lowest BCUT2D eigenvalue weighted by Crippen LogP contribution is -2.48. The van der Waals surface area contributed by atoms with Gasteiger partial charge >= 0.3 is 0 Å². The highest BCUT2D eigenvalue weighted by atomic mass is 16.2. The fourth-order valence-electron chi connectivity index (χ4n) is 2.57. The van der Waals surface area contributed by atoms with E-state index in [1.54, 1.807) is 0 Å². The van der Waals surface area contributed by atoms with Crippen molar-refractivity contribution in [3.05, 3.63) is 17.5 Å². The van der Waals surface area contributed by atoms with Crippen LogP contribution in [0.25, 0.3) is 0 Å². The molecule has 20 heavy (non-hydrogen) atoms. The summed E-state index contributed by atoms with van der Waals surface area (Å²) in [6.07, 6.45) is 3.93. The molecule has 2 N–H and O–H groups in total. The molecule has 2 rings (SSSR count). The molecule has 0 aliphatic carbocycles. The molecule has 1 amide bonds. The van der Waals surface area contributed by atoms with E-state index in [-0.39, 0.29) is 11.3 Å². The minimum Gasteiger partial charge on any atom is -0.342 e. The van der Waals surface area contributed by atoms with Crippen molar-refractivity contribution >= 4 is 5.91 Å². The summed E-state index contributed by atoms with van der Waals surface area (Å²) in [5.74, 6) is 0.265. The van der Waals surface area contributed by atoms with Gasteiger partial charge in [0.25, 0.3) is 0 Å². The Hall–Kier alpha value is -1.36. The van der Waals surface area contributed by atoms with E-state index < -0.39 is 0 Å². The molecule has 1 aromatic rings. The number of piperidine rings is 1. The van der Waals surface area contributed by atoms with E-state index in [9.17, 15) is 4.79 Å². The van der Waals surface area contributed by atoms with Crippen molar-refractivity contribution in [3.8, 4) is 0 Å². The summed E-state index contributed by atoms with van der Waals surface area (Å²) in [5, 5.41) is 10.5. The van der Waals surface area contributed by atoms with Crippen LogP contribution in [0, 0.1) is 12.3 Å². The summed E-state index contributed by atoms with van der Waals surface area (Å²) in [7, 11) is 0. The van der Waals surface area contributed by atoms with Crippen molar-refractivity contribution in [1.82, 2.24) is 20.4 Å². The van der Waals surface area contributed by atoms with Crippen LogP contribution in [0.3, 0.4) is 0 Å². The topological polar surface area (TPSA) is 61.0 Å². The summed E-state index contributed by atoms with van der Waals surface area (Å²) < 4.78 is 0. The second-order valence-corrected chi connectivity index (χ2v) is 6.72. The molecule has 0 spiro atoms. The summed E-state index contributed by atoms with van der Waals surface area (Å²) in [6, 6.07) is 0.494. The lowest BCUT2D eigenvalue weighted by molar-refractivity contribution is -0.140. The second-order valence-electron chi connectivity index (χ2n) is 6.72. The van der Waals surface area contributed by atoms with Gasteiger partial charge in [-0.25, -0.2) is 0 Å². The Morgan fingerprint density at radius 1 is 1.45 bits per heavy atom. The minimum absolute atomic E-state index is 0.265. The van der Waals surface area contributed by atoms with Gasteiger partial charge < -0.3 is 10.2 Å². The number of rotatable bonds is 3. The van der Waals surface area contributed by atoms with Gasteiger partial charge in [0, 0.05) is 42.3 Å². The van der Waals surface area contributed by atoms with E-state index in [0.717, 1.165) is 38.2 Å². The first kappa shape index (κ1) is 15.0. The average Bonchev–Trinajstić information content (AvgIpc) is 2.81. The number of nitrogens with one attached hydrogen (secondary N) is 2. The van der Waals surface area contributed by atoms with Crippen LogP contribution in [-0.4, -0.2) is 40.1 Å². The molecule has 2 heterocycles. The zero-order valence-corrected chi connectivity index (χ0v) is 13.0. The fraction of sp³-hybridized carbons (Fsp3) is 0.733. The number of H-pyrrole nitrogens is 1. The van der Waals surface area contributed by atoms with Gasteiger partial charge in [-0.3, -0.25) is 9.89 Å². The average molecular weight is 278 g/mol. The number of hydrogen-bond acceptors (Lipinski definition) is 3. The minimum atomic E-state index is -0.270. The number of aryl methyl sites for hydroxylation is 1. The Morgan fingerprint density at radius 3 is 2.60 bits per heavy atom. The standard InChI is InChI=1S/C15H26N4O/c1-11-12(10-17-18-11)9-16-13-5-7-19(8-6-13)14(20)15(2,3)4/h10,13,16H,5-9H2,1-4H3,(H,17,18). The van der Waals surface area contributed by atoms with E-state index >= 15 is 0 Å². The number of carbonyl (C=O) groups excluding carboxylic acids is 1. The lowest BCUT2D eigenvalue weighted by Gasteiger charge is -2.36. The predicted molar refractivity (Wildman–Crippen MR) is 79.2 cm³/mol. The third-order valence-electron chi connectivity index (χ3n) is 3.94. The van der Waals surface area contributed by atoms with Crippen molar-refractivity contribution < 1.29 is 4.79 Å². The van der Waals surface area contributed by atoms with Gasteiger partial charge in [-0.05, 0) is 19.8 Å². The van der Waals surface area contributed by atoms with E-state index in [1.165, 1.54) is 5.56 Å². The van der Waals surface area contributed by atoms with Crippen LogP contribution in [0.15, 0.2) is 6.20 Å². The maximum Gasteiger partial charge on any atom is 0.227 e. The van der Waals surface area contributed by atoms with Crippen molar-refractivity contribution in [1.29, 1.82) is 0 Å². The van der Waals surface area contributed by atoms with Gasteiger partial charge in [0.2, 0.25) is 5.91 Å². The molecule has 0 saturated carbocycles. The number of carbonyl (C=O) groups is 1. The zero-order chi connectivity index (χ0) is 14.8. The highest BCUT2D eigenvalue weighted by molar-refractivity contribution is 5.81. The summed E-state index contributed by atoms with van der Waals surface area (Å²) >= 11 is 0. The molecule has 0 aromatic carbocycles. The van der Waals surface area contributed by atoms with Crippen LogP contribution in [0.4, 0.5) is 0 Å². The largest absolute Gasteiger partial charge is 0.342 e. The molecule has 5 nitrogen and oxygen atoms in total.